The van der Waals surface area contributed by atoms with Crippen LogP contribution in [0.1, 0.15) is 0 Å². The van der Waals surface area contributed by atoms with Crippen LogP contribution >= 0.6 is 0 Å². The zero-order valence-electron chi connectivity index (χ0n) is 8.20. The van der Waals surface area contributed by atoms with Crippen LogP contribution in [0.3, 0.4) is 0 Å². The van der Waals surface area contributed by atoms with Gasteiger partial charge < -0.3 is 20.4 Å². The summed E-state index contributed by atoms with van der Waals surface area (Å²) in [5.41, 5.74) is 15.9. The molecule has 10 nitrogen and oxygen atoms in total. The predicted molar refractivity (Wildman–Crippen MR) is 52.1 cm³/mol. The molecule has 0 saturated carbocycles. The largest absolute Gasteiger partial charge is 0.390 e. The summed E-state index contributed by atoms with van der Waals surface area (Å²) in [4.78, 5) is 4.71. The standard InChI is InChI=1S/C6H12N6O4/c7-11-9-1-3(13)5(15)6(16)4(14)2-10-12-8/h3-6,13-16H,1-2H2/t3-,4+,5-,6-/m1/s1. The van der Waals surface area contributed by atoms with Crippen molar-refractivity contribution in [2.24, 2.45) is 10.2 Å². The Labute approximate surface area is 90.0 Å². The summed E-state index contributed by atoms with van der Waals surface area (Å²) < 4.78 is 0. The van der Waals surface area contributed by atoms with Crippen molar-refractivity contribution in [2.45, 2.75) is 24.4 Å². The van der Waals surface area contributed by atoms with E-state index in [9.17, 15) is 20.4 Å². The summed E-state index contributed by atoms with van der Waals surface area (Å²) in [5.74, 6) is 0. The molecule has 0 heterocycles. The van der Waals surface area contributed by atoms with Crippen molar-refractivity contribution in [3.8, 4) is 0 Å². The number of aliphatic hydroxyl groups is 4. The van der Waals surface area contributed by atoms with E-state index in [4.69, 9.17) is 11.1 Å². The molecule has 0 rings (SSSR count). The maximum atomic E-state index is 9.30. The average molecular weight is 232 g/mol. The highest BCUT2D eigenvalue weighted by Crippen LogP contribution is 2.06. The third-order valence-corrected chi connectivity index (χ3v) is 1.80. The smallest absolute Gasteiger partial charge is 0.108 e. The molecular formula is C6H12N6O4. The van der Waals surface area contributed by atoms with E-state index in [0.717, 1.165) is 0 Å². The Bertz CT molecular complexity index is 269. The van der Waals surface area contributed by atoms with Crippen LogP contribution in [0.25, 0.3) is 20.9 Å². The normalized spacial score (nSPS) is 17.5. The molecule has 4 N–H and O–H groups in total. The molecule has 0 amide bonds. The van der Waals surface area contributed by atoms with E-state index in [0.29, 0.717) is 0 Å². The van der Waals surface area contributed by atoms with Gasteiger partial charge in [-0.05, 0) is 11.1 Å². The minimum Gasteiger partial charge on any atom is -0.390 e. The van der Waals surface area contributed by atoms with E-state index in [1.54, 1.807) is 0 Å². The van der Waals surface area contributed by atoms with Crippen LogP contribution in [0.15, 0.2) is 10.2 Å². The van der Waals surface area contributed by atoms with Crippen LogP contribution in [-0.4, -0.2) is 57.9 Å². The molecular weight excluding hydrogens is 220 g/mol. The fraction of sp³-hybridized carbons (Fsp3) is 1.00. The predicted octanol–water partition coefficient (Wildman–Crippen LogP) is -0.949. The summed E-state index contributed by atoms with van der Waals surface area (Å²) in [6.07, 6.45) is -6.41. The molecule has 0 aromatic carbocycles. The summed E-state index contributed by atoms with van der Waals surface area (Å²) >= 11 is 0. The number of rotatable bonds is 7. The molecule has 0 fully saturated rings. The first-order chi connectivity index (χ1) is 7.54. The third kappa shape index (κ3) is 4.80. The van der Waals surface area contributed by atoms with Gasteiger partial charge in [0.1, 0.15) is 12.2 Å². The Morgan fingerprint density at radius 2 is 1.12 bits per heavy atom. The van der Waals surface area contributed by atoms with Crippen molar-refractivity contribution in [1.29, 1.82) is 0 Å². The molecule has 0 aliphatic carbocycles. The lowest BCUT2D eigenvalue weighted by Gasteiger charge is -2.24. The minimum atomic E-state index is -1.70. The summed E-state index contributed by atoms with van der Waals surface area (Å²) in [6.45, 7) is -0.883. The molecule has 0 bridgehead atoms. The quantitative estimate of drug-likeness (QED) is 0.251. The van der Waals surface area contributed by atoms with Gasteiger partial charge in [-0.1, -0.05) is 10.2 Å². The first kappa shape index (κ1) is 14.5. The molecule has 0 aliphatic heterocycles. The van der Waals surface area contributed by atoms with Crippen molar-refractivity contribution < 1.29 is 20.4 Å². The van der Waals surface area contributed by atoms with Crippen LogP contribution in [-0.2, 0) is 0 Å². The lowest BCUT2D eigenvalue weighted by Crippen LogP contribution is -2.46. The Balaban J connectivity index is 4.28. The van der Waals surface area contributed by atoms with Crippen LogP contribution < -0.4 is 0 Å². The molecule has 10 heteroatoms. The maximum Gasteiger partial charge on any atom is 0.108 e. The summed E-state index contributed by atoms with van der Waals surface area (Å²) in [7, 11) is 0. The van der Waals surface area contributed by atoms with Crippen molar-refractivity contribution in [2.75, 3.05) is 13.1 Å². The topological polar surface area (TPSA) is 178 Å². The van der Waals surface area contributed by atoms with Gasteiger partial charge in [-0.15, -0.1) is 0 Å². The van der Waals surface area contributed by atoms with E-state index in [2.05, 4.69) is 20.1 Å². The van der Waals surface area contributed by atoms with Crippen LogP contribution in [0.4, 0.5) is 0 Å². The monoisotopic (exact) mass is 232 g/mol. The van der Waals surface area contributed by atoms with Crippen LogP contribution in [0, 0.1) is 0 Å². The number of hydrogen-bond donors (Lipinski definition) is 4. The fourth-order valence-electron chi connectivity index (χ4n) is 0.912. The zero-order valence-corrected chi connectivity index (χ0v) is 8.20. The summed E-state index contributed by atoms with van der Waals surface area (Å²) in [5, 5.41) is 43.0. The molecule has 4 atom stereocenters. The molecule has 0 aliphatic rings. The van der Waals surface area contributed by atoms with Gasteiger partial charge in [-0.2, -0.15) is 0 Å². The minimum absolute atomic E-state index is 0.442. The SMILES string of the molecule is [N-]=[N+]=NC[C@@H](O)[C@@H](O)[C@H](O)[C@@H](O)CN=[N+]=[N-]. The molecule has 0 aromatic rings. The maximum absolute atomic E-state index is 9.30. The lowest BCUT2D eigenvalue weighted by atomic mass is 10.0. The van der Waals surface area contributed by atoms with E-state index in [1.807, 2.05) is 0 Å². The number of hydrogen-bond acceptors (Lipinski definition) is 6. The first-order valence-electron chi connectivity index (χ1n) is 4.28. The van der Waals surface area contributed by atoms with E-state index >= 15 is 0 Å². The van der Waals surface area contributed by atoms with Crippen molar-refractivity contribution in [3.05, 3.63) is 20.9 Å². The van der Waals surface area contributed by atoms with Gasteiger partial charge in [0.25, 0.3) is 0 Å². The lowest BCUT2D eigenvalue weighted by molar-refractivity contribution is -0.0989. The van der Waals surface area contributed by atoms with Crippen molar-refractivity contribution >= 4 is 0 Å². The Kier molecular flexibility index (Phi) is 6.97. The van der Waals surface area contributed by atoms with Crippen LogP contribution in [0.2, 0.25) is 0 Å². The molecule has 0 aromatic heterocycles. The van der Waals surface area contributed by atoms with Crippen molar-refractivity contribution in [3.63, 3.8) is 0 Å². The van der Waals surface area contributed by atoms with E-state index in [1.165, 1.54) is 0 Å². The first-order valence-corrected chi connectivity index (χ1v) is 4.28. The average Bonchev–Trinajstić information content (AvgIpc) is 2.30. The number of azide groups is 2. The van der Waals surface area contributed by atoms with Gasteiger partial charge in [-0.3, -0.25) is 0 Å². The molecule has 0 spiro atoms. The molecule has 0 unspecified atom stereocenters. The Morgan fingerprint density at radius 1 is 0.812 bits per heavy atom. The van der Waals surface area contributed by atoms with Crippen molar-refractivity contribution in [1.82, 2.24) is 0 Å². The highest BCUT2D eigenvalue weighted by atomic mass is 16.4. The molecule has 90 valence electrons. The Morgan fingerprint density at radius 3 is 1.38 bits per heavy atom. The summed E-state index contributed by atoms with van der Waals surface area (Å²) in [6, 6.07) is 0. The van der Waals surface area contributed by atoms with Gasteiger partial charge >= 0.3 is 0 Å². The second-order valence-corrected chi connectivity index (χ2v) is 2.94. The molecule has 0 radical (unpaired) electrons. The van der Waals surface area contributed by atoms with Gasteiger partial charge in [-0.25, -0.2) is 0 Å². The number of aliphatic hydroxyl groups excluding tert-OH is 4. The Hall–Kier alpha value is -1.54. The molecule has 16 heavy (non-hydrogen) atoms. The number of nitrogens with zero attached hydrogens (tertiary/aromatic N) is 6. The zero-order chi connectivity index (χ0) is 12.6. The van der Waals surface area contributed by atoms with E-state index in [-0.39, 0.29) is 0 Å². The third-order valence-electron chi connectivity index (χ3n) is 1.80. The molecule has 0 saturated heterocycles. The second-order valence-electron chi connectivity index (χ2n) is 2.94. The van der Waals surface area contributed by atoms with Gasteiger partial charge in [0.05, 0.1) is 25.3 Å². The van der Waals surface area contributed by atoms with Gasteiger partial charge in [0.2, 0.25) is 0 Å². The van der Waals surface area contributed by atoms with E-state index < -0.39 is 37.5 Å². The highest BCUT2D eigenvalue weighted by Gasteiger charge is 2.29. The van der Waals surface area contributed by atoms with Gasteiger partial charge in [0, 0.05) is 9.82 Å². The second kappa shape index (κ2) is 7.71. The van der Waals surface area contributed by atoms with Gasteiger partial charge in [0.15, 0.2) is 0 Å². The fourth-order valence-corrected chi connectivity index (χ4v) is 0.912. The highest BCUT2D eigenvalue weighted by molar-refractivity contribution is 4.83. The van der Waals surface area contributed by atoms with Crippen LogP contribution in [0.5, 0.6) is 0 Å².